The number of allylic oxidation sites excluding steroid dienone is 3. The molecule has 346 valence electrons. The minimum absolute atomic E-state index is 1.03. The van der Waals surface area contributed by atoms with Crippen LogP contribution in [-0.4, -0.2) is 4.57 Å². The van der Waals surface area contributed by atoms with Crippen LogP contribution in [0.1, 0.15) is 12.8 Å². The van der Waals surface area contributed by atoms with Crippen LogP contribution in [0.2, 0.25) is 0 Å². The van der Waals surface area contributed by atoms with Crippen LogP contribution in [0, 0.1) is 0 Å². The van der Waals surface area contributed by atoms with Gasteiger partial charge >= 0.3 is 0 Å². The van der Waals surface area contributed by atoms with E-state index in [0.717, 1.165) is 47.0 Å². The third-order valence-electron chi connectivity index (χ3n) is 14.4. The lowest BCUT2D eigenvalue weighted by atomic mass is 9.99. The Bertz CT molecular complexity index is 3970. The Kier molecular flexibility index (Phi) is 11.4. The number of aromatic nitrogens is 1. The number of benzene rings is 11. The lowest BCUT2D eigenvalue weighted by Gasteiger charge is -2.28. The summed E-state index contributed by atoms with van der Waals surface area (Å²) in [6.07, 6.45) is 8.99. The number of fused-ring (bicyclic) bond motifs is 4. The van der Waals surface area contributed by atoms with Gasteiger partial charge in [-0.1, -0.05) is 182 Å². The Hall–Kier alpha value is -9.44. The summed E-state index contributed by atoms with van der Waals surface area (Å²) in [6, 6.07) is 97.2. The second-order valence-corrected chi connectivity index (χ2v) is 18.9. The van der Waals surface area contributed by atoms with Crippen LogP contribution in [0.25, 0.3) is 82.8 Å². The second kappa shape index (κ2) is 19.0. The van der Waals surface area contributed by atoms with Crippen LogP contribution in [0.5, 0.6) is 0 Å². The largest absolute Gasteiger partial charge is 0.311 e. The first-order chi connectivity index (χ1) is 36.2. The molecule has 1 heterocycles. The number of nitrogens with zero attached hydrogens (tertiary/aromatic N) is 3. The lowest BCUT2D eigenvalue weighted by Crippen LogP contribution is -2.16. The SMILES string of the molecule is C1=CC(N(c2ccc(-c3ccccc3)cc2)c2ccc(-c3ccc4c(c3)c3cc(-c5ccc(N(c6ccccc6)c6ccc(-c7ccccc7)cc6)cc5)ccc3n4-c3ccc4ccccc4c3)cc2)=CCC1. The van der Waals surface area contributed by atoms with Gasteiger partial charge in [-0.15, -0.1) is 0 Å². The molecule has 0 spiro atoms. The summed E-state index contributed by atoms with van der Waals surface area (Å²) in [6.45, 7) is 0. The Labute approximate surface area is 427 Å². The maximum Gasteiger partial charge on any atom is 0.0541 e. The molecule has 1 aromatic heterocycles. The number of hydrogen-bond donors (Lipinski definition) is 0. The fourth-order valence-corrected chi connectivity index (χ4v) is 10.7. The predicted octanol–water partition coefficient (Wildman–Crippen LogP) is 19.4. The smallest absolute Gasteiger partial charge is 0.0541 e. The third-order valence-corrected chi connectivity index (χ3v) is 14.4. The summed E-state index contributed by atoms with van der Waals surface area (Å²) in [7, 11) is 0. The Balaban J connectivity index is 0.875. The van der Waals surface area contributed by atoms with Crippen LogP contribution in [-0.2, 0) is 0 Å². The van der Waals surface area contributed by atoms with E-state index < -0.39 is 0 Å². The summed E-state index contributed by atoms with van der Waals surface area (Å²) < 4.78 is 2.43. The zero-order chi connectivity index (χ0) is 48.5. The van der Waals surface area contributed by atoms with Crippen molar-refractivity contribution in [3.63, 3.8) is 0 Å². The van der Waals surface area contributed by atoms with Crippen molar-refractivity contribution in [2.75, 3.05) is 9.80 Å². The maximum atomic E-state index is 2.43. The average molecular weight is 934 g/mol. The van der Waals surface area contributed by atoms with Crippen molar-refractivity contribution in [2.45, 2.75) is 12.8 Å². The first-order valence-corrected chi connectivity index (χ1v) is 25.3. The summed E-state index contributed by atoms with van der Waals surface area (Å²) in [5, 5.41) is 4.89. The molecule has 0 bridgehead atoms. The standard InChI is InChI=1S/C70H51N3/c1-5-15-50(16-6-1)53-25-36-62(37-26-53)71(60-21-9-3-10-22-60)64-40-29-55(30-41-64)58-34-45-69-67(48-58)68-49-59(35-46-70(68)73(69)66-44-33-52-19-13-14-20-57(52)47-66)56-31-42-65(43-32-56)72(61-23-11-4-12-24-61)63-38-27-54(28-39-63)51-17-7-2-8-18-51/h1-3,5-11,13-49H,4,12H2. The molecule has 0 fully saturated rings. The average Bonchev–Trinajstić information content (AvgIpc) is 3.80. The monoisotopic (exact) mass is 933 g/mol. The Morgan fingerprint density at radius 2 is 0.685 bits per heavy atom. The molecule has 73 heavy (non-hydrogen) atoms. The molecule has 0 unspecified atom stereocenters. The minimum atomic E-state index is 1.03. The molecule has 0 radical (unpaired) electrons. The van der Waals surface area contributed by atoms with Gasteiger partial charge in [0.15, 0.2) is 0 Å². The molecule has 0 atom stereocenters. The van der Waals surface area contributed by atoms with E-state index in [0.29, 0.717) is 0 Å². The topological polar surface area (TPSA) is 11.4 Å². The zero-order valence-electron chi connectivity index (χ0n) is 40.4. The first kappa shape index (κ1) is 43.6. The first-order valence-electron chi connectivity index (χ1n) is 25.3. The highest BCUT2D eigenvalue weighted by Crippen LogP contribution is 2.41. The van der Waals surface area contributed by atoms with Gasteiger partial charge in [0.25, 0.3) is 0 Å². The fourth-order valence-electron chi connectivity index (χ4n) is 10.7. The highest BCUT2D eigenvalue weighted by atomic mass is 15.1. The van der Waals surface area contributed by atoms with Crippen molar-refractivity contribution < 1.29 is 0 Å². The summed E-state index contributed by atoms with van der Waals surface area (Å²) in [5.41, 5.74) is 19.8. The van der Waals surface area contributed by atoms with Gasteiger partial charge in [-0.25, -0.2) is 0 Å². The molecule has 12 aromatic rings. The van der Waals surface area contributed by atoms with E-state index >= 15 is 0 Å². The van der Waals surface area contributed by atoms with Crippen molar-refractivity contribution in [1.29, 1.82) is 0 Å². The Morgan fingerprint density at radius 3 is 1.16 bits per heavy atom. The molecule has 1 aliphatic rings. The molecule has 3 nitrogen and oxygen atoms in total. The molecule has 0 amide bonds. The molecule has 0 saturated carbocycles. The molecule has 13 rings (SSSR count). The van der Waals surface area contributed by atoms with E-state index in [-0.39, 0.29) is 0 Å². The highest BCUT2D eigenvalue weighted by molar-refractivity contribution is 6.12. The van der Waals surface area contributed by atoms with E-state index in [4.69, 9.17) is 0 Å². The van der Waals surface area contributed by atoms with Crippen LogP contribution in [0.3, 0.4) is 0 Å². The van der Waals surface area contributed by atoms with Crippen LogP contribution in [0.15, 0.2) is 291 Å². The van der Waals surface area contributed by atoms with Gasteiger partial charge < -0.3 is 14.4 Å². The fraction of sp³-hybridized carbons (Fsp3) is 0.0286. The molecule has 0 N–H and O–H groups in total. The quantitative estimate of drug-likeness (QED) is 0.128. The number of hydrogen-bond acceptors (Lipinski definition) is 2. The molecule has 0 saturated heterocycles. The van der Waals surface area contributed by atoms with Gasteiger partial charge in [0.2, 0.25) is 0 Å². The van der Waals surface area contributed by atoms with Gasteiger partial charge in [0.05, 0.1) is 11.0 Å². The summed E-state index contributed by atoms with van der Waals surface area (Å²) in [4.78, 5) is 4.71. The van der Waals surface area contributed by atoms with Crippen LogP contribution < -0.4 is 9.80 Å². The molecular formula is C70H51N3. The van der Waals surface area contributed by atoms with Gasteiger partial charge in [-0.2, -0.15) is 0 Å². The van der Waals surface area contributed by atoms with E-state index in [1.54, 1.807) is 0 Å². The number of rotatable bonds is 11. The summed E-state index contributed by atoms with van der Waals surface area (Å²) >= 11 is 0. The predicted molar refractivity (Wildman–Crippen MR) is 310 cm³/mol. The van der Waals surface area contributed by atoms with Crippen molar-refractivity contribution in [1.82, 2.24) is 4.57 Å². The molecule has 0 aliphatic heterocycles. The van der Waals surface area contributed by atoms with Crippen LogP contribution >= 0.6 is 0 Å². The summed E-state index contributed by atoms with van der Waals surface area (Å²) in [5.74, 6) is 0. The molecular weight excluding hydrogens is 883 g/mol. The van der Waals surface area contributed by atoms with E-state index in [1.165, 1.54) is 82.8 Å². The lowest BCUT2D eigenvalue weighted by molar-refractivity contribution is 0.997. The van der Waals surface area contributed by atoms with Gasteiger partial charge in [0.1, 0.15) is 0 Å². The number of para-hydroxylation sites is 1. The van der Waals surface area contributed by atoms with Crippen molar-refractivity contribution in [3.05, 3.63) is 291 Å². The van der Waals surface area contributed by atoms with E-state index in [9.17, 15) is 0 Å². The van der Waals surface area contributed by atoms with Gasteiger partial charge in [0, 0.05) is 50.6 Å². The van der Waals surface area contributed by atoms with Crippen molar-refractivity contribution >= 4 is 61.0 Å². The van der Waals surface area contributed by atoms with Crippen molar-refractivity contribution in [3.8, 4) is 50.2 Å². The van der Waals surface area contributed by atoms with Crippen molar-refractivity contribution in [2.24, 2.45) is 0 Å². The number of anilines is 5. The highest BCUT2D eigenvalue weighted by Gasteiger charge is 2.19. The zero-order valence-corrected chi connectivity index (χ0v) is 40.4. The van der Waals surface area contributed by atoms with E-state index in [2.05, 4.69) is 300 Å². The minimum Gasteiger partial charge on any atom is -0.311 e. The van der Waals surface area contributed by atoms with Gasteiger partial charge in [-0.3, -0.25) is 0 Å². The van der Waals surface area contributed by atoms with Crippen LogP contribution in [0.4, 0.5) is 28.4 Å². The maximum absolute atomic E-state index is 2.43. The molecule has 3 heteroatoms. The Morgan fingerprint density at radius 1 is 0.288 bits per heavy atom. The second-order valence-electron chi connectivity index (χ2n) is 18.9. The molecule has 11 aromatic carbocycles. The third kappa shape index (κ3) is 8.47. The van der Waals surface area contributed by atoms with Gasteiger partial charge in [-0.05, 0) is 171 Å². The van der Waals surface area contributed by atoms with E-state index in [1.807, 2.05) is 0 Å². The molecule has 1 aliphatic carbocycles. The normalized spacial score (nSPS) is 12.3.